The van der Waals surface area contributed by atoms with E-state index in [4.69, 9.17) is 49.0 Å². The van der Waals surface area contributed by atoms with Gasteiger partial charge in [0, 0.05) is 37.6 Å². The van der Waals surface area contributed by atoms with Crippen molar-refractivity contribution in [3.63, 3.8) is 0 Å². The summed E-state index contributed by atoms with van der Waals surface area (Å²) in [6.45, 7) is 7.15. The second-order valence-electron chi connectivity index (χ2n) is 12.3. The highest BCUT2D eigenvalue weighted by Gasteiger charge is 2.25. The van der Waals surface area contributed by atoms with Crippen LogP contribution in [-0.2, 0) is 28.4 Å². The summed E-state index contributed by atoms with van der Waals surface area (Å²) in [5, 5.41) is 8.51. The van der Waals surface area contributed by atoms with E-state index in [1.165, 1.54) is 25.7 Å². The van der Waals surface area contributed by atoms with E-state index in [-0.39, 0.29) is 5.84 Å². The summed E-state index contributed by atoms with van der Waals surface area (Å²) < 4.78 is 45.8. The minimum absolute atomic E-state index is 0.131. The first-order chi connectivity index (χ1) is 24.2. The van der Waals surface area contributed by atoms with Gasteiger partial charge in [0.25, 0.3) is 0 Å². The van der Waals surface area contributed by atoms with Gasteiger partial charge in [-0.2, -0.15) is 0 Å². The van der Waals surface area contributed by atoms with Crippen LogP contribution in [0.4, 0.5) is 0 Å². The lowest BCUT2D eigenvalue weighted by atomic mass is 9.95. The smallest absolute Gasteiger partial charge is 0.155 e. The molecule has 11 nitrogen and oxygen atoms in total. The molecule has 2 fully saturated rings. The molecule has 3 aliphatic rings. The van der Waals surface area contributed by atoms with E-state index in [1.54, 1.807) is 0 Å². The van der Waals surface area contributed by atoms with Gasteiger partial charge < -0.3 is 43.6 Å². The number of benzene rings is 2. The highest BCUT2D eigenvalue weighted by Crippen LogP contribution is 2.34. The average molecular weight is 680 g/mol. The minimum atomic E-state index is 0.131. The van der Waals surface area contributed by atoms with Gasteiger partial charge in [0.2, 0.25) is 0 Å². The van der Waals surface area contributed by atoms with Crippen molar-refractivity contribution in [3.05, 3.63) is 59.7 Å². The first-order valence-electron chi connectivity index (χ1n) is 17.9. The normalized spacial score (nSPS) is 19.7. The molecule has 11 heteroatoms. The third-order valence-electron chi connectivity index (χ3n) is 8.71. The first-order valence-corrected chi connectivity index (χ1v) is 17.9. The summed E-state index contributed by atoms with van der Waals surface area (Å²) in [6.07, 6.45) is 9.70. The SMILES string of the molecule is N=C1N=C(N)C(c2ccc(OCCOCCOCCC3CCCCO3)cc2)=C1c1ccc(OCCOCCOCCC2CCCCO2)cc1. The molecule has 2 aromatic carbocycles. The fourth-order valence-electron chi connectivity index (χ4n) is 6.07. The Bertz CT molecular complexity index is 1320. The van der Waals surface area contributed by atoms with Gasteiger partial charge >= 0.3 is 0 Å². The topological polar surface area (TPSA) is 136 Å². The number of ether oxygens (including phenoxy) is 8. The van der Waals surface area contributed by atoms with Crippen LogP contribution in [0.5, 0.6) is 11.5 Å². The van der Waals surface area contributed by atoms with Gasteiger partial charge in [-0.15, -0.1) is 0 Å². The second-order valence-corrected chi connectivity index (χ2v) is 12.3. The summed E-state index contributed by atoms with van der Waals surface area (Å²) in [5.74, 6) is 1.90. The molecule has 2 unspecified atom stereocenters. The molecule has 0 amide bonds. The predicted molar refractivity (Wildman–Crippen MR) is 190 cm³/mol. The van der Waals surface area contributed by atoms with Crippen molar-refractivity contribution < 1.29 is 37.9 Å². The predicted octanol–water partition coefficient (Wildman–Crippen LogP) is 5.69. The molecule has 0 radical (unpaired) electrons. The number of rotatable bonds is 22. The van der Waals surface area contributed by atoms with Crippen LogP contribution in [0.3, 0.4) is 0 Å². The Morgan fingerprint density at radius 1 is 0.571 bits per heavy atom. The molecule has 3 aliphatic heterocycles. The summed E-state index contributed by atoms with van der Waals surface area (Å²) in [5.41, 5.74) is 9.40. The molecule has 2 atom stereocenters. The Morgan fingerprint density at radius 3 is 1.45 bits per heavy atom. The molecule has 5 rings (SSSR count). The Labute approximate surface area is 290 Å². The van der Waals surface area contributed by atoms with Crippen molar-refractivity contribution in [2.24, 2.45) is 10.7 Å². The van der Waals surface area contributed by atoms with Gasteiger partial charge in [-0.05, 0) is 86.8 Å². The zero-order valence-electron chi connectivity index (χ0n) is 28.7. The van der Waals surface area contributed by atoms with Gasteiger partial charge in [0.15, 0.2) is 5.84 Å². The lowest BCUT2D eigenvalue weighted by Crippen LogP contribution is -2.21. The second kappa shape index (κ2) is 21.0. The number of hydrogen-bond donors (Lipinski definition) is 2. The van der Waals surface area contributed by atoms with Gasteiger partial charge in [-0.1, -0.05) is 24.3 Å². The summed E-state index contributed by atoms with van der Waals surface area (Å²) in [4.78, 5) is 4.27. The van der Waals surface area contributed by atoms with Crippen LogP contribution in [0, 0.1) is 5.41 Å². The highest BCUT2D eigenvalue weighted by atomic mass is 16.6. The van der Waals surface area contributed by atoms with Crippen LogP contribution >= 0.6 is 0 Å². The van der Waals surface area contributed by atoms with Crippen LogP contribution in [0.2, 0.25) is 0 Å². The Balaban J connectivity index is 0.976. The van der Waals surface area contributed by atoms with E-state index in [9.17, 15) is 0 Å². The van der Waals surface area contributed by atoms with Crippen molar-refractivity contribution in [1.82, 2.24) is 0 Å². The van der Waals surface area contributed by atoms with Crippen molar-refractivity contribution in [2.45, 2.75) is 63.6 Å². The van der Waals surface area contributed by atoms with E-state index in [2.05, 4.69) is 4.99 Å². The largest absolute Gasteiger partial charge is 0.491 e. The molecule has 3 heterocycles. The molecule has 2 saturated heterocycles. The number of nitrogens with one attached hydrogen (secondary N) is 1. The van der Waals surface area contributed by atoms with Gasteiger partial charge in [0.05, 0.1) is 51.8 Å². The van der Waals surface area contributed by atoms with E-state index in [0.29, 0.717) is 89.7 Å². The standard InChI is InChI=1S/C38H53N3O8/c39-37-35(29-7-11-33(12-8-29)48-27-25-44-23-21-42-19-15-31-5-1-3-17-46-31)36(38(40)41-37)30-9-13-34(14-10-30)49-28-26-45-24-22-43-20-16-32-6-2-4-18-47-32/h7-14,31-32H,1-6,15-28H2,(H3,39,40,41). The van der Waals surface area contributed by atoms with Crippen molar-refractivity contribution in [1.29, 1.82) is 5.41 Å². The number of nitrogens with two attached hydrogens (primary N) is 1. The fourth-order valence-corrected chi connectivity index (χ4v) is 6.07. The Morgan fingerprint density at radius 2 is 1.00 bits per heavy atom. The summed E-state index contributed by atoms with van der Waals surface area (Å²) >= 11 is 0. The fraction of sp³-hybridized carbons (Fsp3) is 0.579. The van der Waals surface area contributed by atoms with Crippen molar-refractivity contribution in [3.8, 4) is 11.5 Å². The molecule has 0 spiro atoms. The molecule has 0 aromatic heterocycles. The van der Waals surface area contributed by atoms with E-state index in [0.717, 1.165) is 67.1 Å². The zero-order valence-corrected chi connectivity index (χ0v) is 28.7. The van der Waals surface area contributed by atoms with Crippen LogP contribution in [-0.4, -0.2) is 103 Å². The number of aliphatic imine (C=N–C) groups is 1. The van der Waals surface area contributed by atoms with Crippen molar-refractivity contribution >= 4 is 22.8 Å². The monoisotopic (exact) mass is 679 g/mol. The quantitative estimate of drug-likeness (QED) is 0.151. The maximum Gasteiger partial charge on any atom is 0.155 e. The molecular weight excluding hydrogens is 626 g/mol. The van der Waals surface area contributed by atoms with Crippen LogP contribution < -0.4 is 15.2 Å². The molecule has 49 heavy (non-hydrogen) atoms. The Hall–Kier alpha value is -3.32. The maximum absolute atomic E-state index is 8.51. The van der Waals surface area contributed by atoms with Gasteiger partial charge in [-0.25, -0.2) is 4.99 Å². The van der Waals surface area contributed by atoms with E-state index < -0.39 is 0 Å². The molecule has 0 bridgehead atoms. The van der Waals surface area contributed by atoms with Crippen LogP contribution in [0.15, 0.2) is 53.5 Å². The molecule has 0 aliphatic carbocycles. The zero-order chi connectivity index (χ0) is 33.9. The number of nitrogens with zero attached hydrogens (tertiary/aromatic N) is 1. The molecular formula is C38H53N3O8. The summed E-state index contributed by atoms with van der Waals surface area (Å²) in [6, 6.07) is 15.3. The van der Waals surface area contributed by atoms with E-state index in [1.807, 2.05) is 48.5 Å². The maximum atomic E-state index is 8.51. The lowest BCUT2D eigenvalue weighted by molar-refractivity contribution is -0.0167. The number of hydrogen-bond acceptors (Lipinski definition) is 10. The third kappa shape index (κ3) is 12.5. The molecule has 0 saturated carbocycles. The lowest BCUT2D eigenvalue weighted by Gasteiger charge is -2.22. The molecule has 2 aromatic rings. The van der Waals surface area contributed by atoms with Crippen LogP contribution in [0.25, 0.3) is 11.1 Å². The highest BCUT2D eigenvalue weighted by molar-refractivity contribution is 6.48. The third-order valence-corrected chi connectivity index (χ3v) is 8.71. The molecule has 268 valence electrons. The first kappa shape index (κ1) is 36.9. The van der Waals surface area contributed by atoms with Gasteiger partial charge in [0.1, 0.15) is 30.5 Å². The minimum Gasteiger partial charge on any atom is -0.491 e. The Kier molecular flexibility index (Phi) is 15.9. The molecule has 3 N–H and O–H groups in total. The van der Waals surface area contributed by atoms with Crippen LogP contribution in [0.1, 0.15) is 62.5 Å². The number of amidine groups is 2. The summed E-state index contributed by atoms with van der Waals surface area (Å²) in [7, 11) is 0. The van der Waals surface area contributed by atoms with Gasteiger partial charge in [-0.3, -0.25) is 5.41 Å². The van der Waals surface area contributed by atoms with Crippen molar-refractivity contribution in [2.75, 3.05) is 79.3 Å². The van der Waals surface area contributed by atoms with E-state index >= 15 is 0 Å². The average Bonchev–Trinajstić information content (AvgIpc) is 3.44.